The monoisotopic (exact) mass is 353 g/mol. The highest BCUT2D eigenvalue weighted by Crippen LogP contribution is 2.44. The lowest BCUT2D eigenvalue weighted by molar-refractivity contribution is -0.151. The van der Waals surface area contributed by atoms with Crippen LogP contribution in [0.2, 0.25) is 5.02 Å². The van der Waals surface area contributed by atoms with E-state index >= 15 is 0 Å². The van der Waals surface area contributed by atoms with E-state index in [4.69, 9.17) is 21.4 Å². The Morgan fingerprint density at radius 3 is 2.75 bits per heavy atom. The first-order valence-corrected chi connectivity index (χ1v) is 7.89. The van der Waals surface area contributed by atoms with Gasteiger partial charge in [-0.3, -0.25) is 4.79 Å². The summed E-state index contributed by atoms with van der Waals surface area (Å²) in [6, 6.07) is 6.76. The first kappa shape index (κ1) is 16.9. The number of hydrogen-bond donors (Lipinski definition) is 3. The predicted molar refractivity (Wildman–Crippen MR) is 83.9 cm³/mol. The van der Waals surface area contributed by atoms with Gasteiger partial charge in [0, 0.05) is 10.6 Å². The van der Waals surface area contributed by atoms with Gasteiger partial charge in [0.15, 0.2) is 23.9 Å². The number of Topliss-reactive ketones (excluding diaryl/α,β-unsaturated/α-hetero) is 1. The van der Waals surface area contributed by atoms with Gasteiger partial charge in [0.1, 0.15) is 0 Å². The molecule has 2 bridgehead atoms. The van der Waals surface area contributed by atoms with Crippen LogP contribution in [0.3, 0.4) is 0 Å². The SMILES string of the molecule is O=C(O)C(O)C(O)C1=N[C@]2(c3ccccc3Cl)CCC[C@H](O1)C2=O. The lowest BCUT2D eigenvalue weighted by atomic mass is 9.73. The highest BCUT2D eigenvalue weighted by Gasteiger charge is 2.53. The number of aliphatic hydroxyl groups is 2. The lowest BCUT2D eigenvalue weighted by Gasteiger charge is -2.42. The van der Waals surface area contributed by atoms with Gasteiger partial charge in [0.2, 0.25) is 11.7 Å². The zero-order valence-corrected chi connectivity index (χ0v) is 13.3. The van der Waals surface area contributed by atoms with Crippen molar-refractivity contribution in [3.63, 3.8) is 0 Å². The summed E-state index contributed by atoms with van der Waals surface area (Å²) in [4.78, 5) is 27.9. The molecule has 1 aromatic carbocycles. The number of carbonyl (C=O) groups is 2. The average Bonchev–Trinajstić information content (AvgIpc) is 2.54. The number of halogens is 1. The van der Waals surface area contributed by atoms with Gasteiger partial charge in [-0.15, -0.1) is 0 Å². The summed E-state index contributed by atoms with van der Waals surface area (Å²) in [6.45, 7) is 0. The maximum absolute atomic E-state index is 12.8. The molecule has 2 unspecified atom stereocenters. The predicted octanol–water partition coefficient (Wildman–Crippen LogP) is 0.892. The number of aliphatic hydroxyl groups excluding tert-OH is 2. The van der Waals surface area contributed by atoms with Gasteiger partial charge in [-0.2, -0.15) is 0 Å². The second-order valence-corrected chi connectivity index (χ2v) is 6.29. The van der Waals surface area contributed by atoms with Gasteiger partial charge in [-0.05, 0) is 25.3 Å². The summed E-state index contributed by atoms with van der Waals surface area (Å²) in [5.41, 5.74) is -0.840. The number of aliphatic carboxylic acids is 1. The fourth-order valence-corrected chi connectivity index (χ4v) is 3.47. The van der Waals surface area contributed by atoms with Crippen molar-refractivity contribution < 1.29 is 29.6 Å². The Labute approximate surface area is 142 Å². The molecule has 1 heterocycles. The molecule has 1 aliphatic heterocycles. The lowest BCUT2D eigenvalue weighted by Crippen LogP contribution is -2.54. The summed E-state index contributed by atoms with van der Waals surface area (Å²) in [5.74, 6) is -2.24. The number of ether oxygens (including phenoxy) is 1. The average molecular weight is 354 g/mol. The Hall–Kier alpha value is -1.96. The van der Waals surface area contributed by atoms with Gasteiger partial charge in [0.25, 0.3) is 0 Å². The molecular weight excluding hydrogens is 338 g/mol. The summed E-state index contributed by atoms with van der Waals surface area (Å²) < 4.78 is 5.37. The van der Waals surface area contributed by atoms with Crippen LogP contribution in [0.15, 0.2) is 29.3 Å². The van der Waals surface area contributed by atoms with Crippen molar-refractivity contribution in [1.82, 2.24) is 0 Å². The second kappa shape index (κ2) is 6.16. The highest BCUT2D eigenvalue weighted by atomic mass is 35.5. The molecule has 1 aliphatic carbocycles. The van der Waals surface area contributed by atoms with Gasteiger partial charge in [-0.1, -0.05) is 29.8 Å². The normalized spacial score (nSPS) is 28.5. The molecule has 7 nitrogen and oxygen atoms in total. The van der Waals surface area contributed by atoms with E-state index in [0.29, 0.717) is 29.8 Å². The third kappa shape index (κ3) is 2.58. The Morgan fingerprint density at radius 1 is 1.38 bits per heavy atom. The molecule has 3 rings (SSSR count). The molecule has 24 heavy (non-hydrogen) atoms. The largest absolute Gasteiger partial charge is 0.479 e. The molecule has 0 saturated heterocycles. The molecule has 128 valence electrons. The number of ketones is 1. The first-order chi connectivity index (χ1) is 11.4. The summed E-state index contributed by atoms with van der Waals surface area (Å²) in [5, 5.41) is 28.8. The summed E-state index contributed by atoms with van der Waals surface area (Å²) in [6.07, 6.45) is -3.35. The van der Waals surface area contributed by atoms with Crippen LogP contribution in [-0.4, -0.2) is 51.3 Å². The molecule has 1 saturated carbocycles. The zero-order chi connectivity index (χ0) is 17.5. The van der Waals surface area contributed by atoms with Crippen molar-refractivity contribution in [3.05, 3.63) is 34.9 Å². The Bertz CT molecular complexity index is 720. The van der Waals surface area contributed by atoms with Crippen LogP contribution in [-0.2, 0) is 19.9 Å². The number of carboxylic acid groups (broad SMARTS) is 1. The maximum Gasteiger partial charge on any atom is 0.335 e. The van der Waals surface area contributed by atoms with E-state index in [-0.39, 0.29) is 11.7 Å². The van der Waals surface area contributed by atoms with Gasteiger partial charge in [0.05, 0.1) is 0 Å². The van der Waals surface area contributed by atoms with Crippen LogP contribution in [0.1, 0.15) is 24.8 Å². The molecule has 3 N–H and O–H groups in total. The van der Waals surface area contributed by atoms with E-state index in [0.717, 1.165) is 0 Å². The molecule has 8 heteroatoms. The summed E-state index contributed by atoms with van der Waals surface area (Å²) in [7, 11) is 0. The van der Waals surface area contributed by atoms with E-state index in [9.17, 15) is 19.8 Å². The van der Waals surface area contributed by atoms with Crippen molar-refractivity contribution in [3.8, 4) is 0 Å². The van der Waals surface area contributed by atoms with Crippen LogP contribution in [0.25, 0.3) is 0 Å². The Kier molecular flexibility index (Phi) is 4.33. The number of hydrogen-bond acceptors (Lipinski definition) is 6. The Balaban J connectivity index is 2.11. The van der Waals surface area contributed by atoms with E-state index in [2.05, 4.69) is 4.99 Å². The number of benzene rings is 1. The number of aliphatic imine (C=N–C) groups is 1. The molecule has 4 atom stereocenters. The third-order valence-electron chi connectivity index (χ3n) is 4.39. The molecule has 0 radical (unpaired) electrons. The summed E-state index contributed by atoms with van der Waals surface area (Å²) >= 11 is 6.23. The first-order valence-electron chi connectivity index (χ1n) is 7.51. The topological polar surface area (TPSA) is 116 Å². The van der Waals surface area contributed by atoms with E-state index < -0.39 is 29.8 Å². The van der Waals surface area contributed by atoms with E-state index in [1.54, 1.807) is 24.3 Å². The number of carbonyl (C=O) groups excluding carboxylic acids is 1. The van der Waals surface area contributed by atoms with Crippen LogP contribution in [0, 0.1) is 0 Å². The van der Waals surface area contributed by atoms with Crippen molar-refractivity contribution in [2.24, 2.45) is 4.99 Å². The minimum atomic E-state index is -2.10. The van der Waals surface area contributed by atoms with Crippen molar-refractivity contribution >= 4 is 29.3 Å². The van der Waals surface area contributed by atoms with Gasteiger partial charge >= 0.3 is 5.97 Å². The van der Waals surface area contributed by atoms with Crippen molar-refractivity contribution in [1.29, 1.82) is 0 Å². The van der Waals surface area contributed by atoms with E-state index in [1.807, 2.05) is 0 Å². The molecule has 0 amide bonds. The molecule has 2 aliphatic rings. The number of carboxylic acids is 1. The second-order valence-electron chi connectivity index (χ2n) is 5.88. The standard InChI is InChI=1S/C16H16ClNO6/c17-9-5-2-1-4-8(9)16-7-3-6-10(13(16)21)24-14(18-16)11(19)12(20)15(22)23/h1-2,4-5,10-12,19-20H,3,6-7H2,(H,22,23)/t10-,11?,12?,16-/m0/s1. The fraction of sp³-hybridized carbons (Fsp3) is 0.438. The minimum absolute atomic E-state index is 0.275. The quantitative estimate of drug-likeness (QED) is 0.740. The number of rotatable bonds is 4. The van der Waals surface area contributed by atoms with Gasteiger partial charge < -0.3 is 20.1 Å². The van der Waals surface area contributed by atoms with Crippen molar-refractivity contribution in [2.45, 2.75) is 43.1 Å². The molecule has 0 spiro atoms. The third-order valence-corrected chi connectivity index (χ3v) is 4.72. The molecule has 0 aromatic heterocycles. The van der Waals surface area contributed by atoms with Crippen molar-refractivity contribution in [2.75, 3.05) is 0 Å². The van der Waals surface area contributed by atoms with Gasteiger partial charge in [-0.25, -0.2) is 9.79 Å². The van der Waals surface area contributed by atoms with Crippen LogP contribution >= 0.6 is 11.6 Å². The van der Waals surface area contributed by atoms with Crippen LogP contribution < -0.4 is 0 Å². The molecule has 1 fully saturated rings. The highest BCUT2D eigenvalue weighted by molar-refractivity contribution is 6.32. The Morgan fingerprint density at radius 2 is 2.08 bits per heavy atom. The fourth-order valence-electron chi connectivity index (χ4n) is 3.18. The van der Waals surface area contributed by atoms with Crippen LogP contribution in [0.4, 0.5) is 0 Å². The molecular formula is C16H16ClNO6. The smallest absolute Gasteiger partial charge is 0.335 e. The van der Waals surface area contributed by atoms with Crippen LogP contribution in [0.5, 0.6) is 0 Å². The minimum Gasteiger partial charge on any atom is -0.479 e. The van der Waals surface area contributed by atoms with E-state index in [1.165, 1.54) is 0 Å². The zero-order valence-electron chi connectivity index (χ0n) is 12.6. The maximum atomic E-state index is 12.8. The molecule has 1 aromatic rings. The number of fused-ring (bicyclic) bond motifs is 2. The number of nitrogens with zero attached hydrogens (tertiary/aromatic N) is 1.